The normalized spacial score (nSPS) is 24.0. The van der Waals surface area contributed by atoms with Gasteiger partial charge in [0, 0.05) is 26.0 Å². The maximum Gasteiger partial charge on any atom is 0.326 e. The van der Waals surface area contributed by atoms with Crippen molar-refractivity contribution in [1.82, 2.24) is 4.90 Å². The van der Waals surface area contributed by atoms with Gasteiger partial charge in [0.25, 0.3) is 0 Å². The van der Waals surface area contributed by atoms with Crippen molar-refractivity contribution in [2.45, 2.75) is 24.3 Å². The molecule has 2 N–H and O–H groups in total. The molecule has 0 saturated carbocycles. The third-order valence-electron chi connectivity index (χ3n) is 2.18. The van der Waals surface area contributed by atoms with Crippen LogP contribution in [0.3, 0.4) is 0 Å². The van der Waals surface area contributed by atoms with Gasteiger partial charge >= 0.3 is 5.97 Å². The van der Waals surface area contributed by atoms with Gasteiger partial charge in [0.05, 0.1) is 5.38 Å². The number of carboxylic acid groups (broad SMARTS) is 1. The molecule has 1 aliphatic rings. The first-order valence-electron chi connectivity index (χ1n) is 4.33. The van der Waals surface area contributed by atoms with Crippen LogP contribution in [0.25, 0.3) is 0 Å². The summed E-state index contributed by atoms with van der Waals surface area (Å²) < 4.78 is 0. The lowest BCUT2D eigenvalue weighted by molar-refractivity contribution is -0.148. The molecule has 0 radical (unpaired) electrons. The number of halogens is 1. The van der Waals surface area contributed by atoms with Gasteiger partial charge in [0.15, 0.2) is 0 Å². The number of carbonyl (C=O) groups is 2. The maximum atomic E-state index is 11.3. The van der Waals surface area contributed by atoms with E-state index in [1.54, 1.807) is 0 Å². The van der Waals surface area contributed by atoms with Crippen molar-refractivity contribution in [2.75, 3.05) is 13.2 Å². The van der Waals surface area contributed by atoms with Gasteiger partial charge in [-0.2, -0.15) is 0 Å². The summed E-state index contributed by atoms with van der Waals surface area (Å²) in [6, 6.07) is -0.948. The molecule has 2 unspecified atom stereocenters. The highest BCUT2D eigenvalue weighted by molar-refractivity contribution is 6.22. The first-order valence-corrected chi connectivity index (χ1v) is 4.77. The Morgan fingerprint density at radius 3 is 2.71 bits per heavy atom. The van der Waals surface area contributed by atoms with E-state index in [1.807, 2.05) is 0 Å². The molecule has 0 spiro atoms. The summed E-state index contributed by atoms with van der Waals surface area (Å²) in [5.41, 5.74) is 0. The molecular formula is C8H12ClNO4. The Bertz CT molecular complexity index is 245. The van der Waals surface area contributed by atoms with E-state index in [9.17, 15) is 9.59 Å². The molecule has 0 bridgehead atoms. The Balaban J connectivity index is 2.68. The van der Waals surface area contributed by atoms with E-state index in [0.717, 1.165) is 0 Å². The number of carboxylic acids is 1. The zero-order valence-electron chi connectivity index (χ0n) is 7.52. The topological polar surface area (TPSA) is 77.8 Å². The molecule has 14 heavy (non-hydrogen) atoms. The Morgan fingerprint density at radius 1 is 1.71 bits per heavy atom. The molecule has 1 rings (SSSR count). The summed E-state index contributed by atoms with van der Waals surface area (Å²) in [4.78, 5) is 23.3. The van der Waals surface area contributed by atoms with Crippen molar-refractivity contribution in [2.24, 2.45) is 0 Å². The van der Waals surface area contributed by atoms with Gasteiger partial charge in [-0.05, 0) is 0 Å². The van der Waals surface area contributed by atoms with Crippen molar-refractivity contribution < 1.29 is 19.8 Å². The van der Waals surface area contributed by atoms with Crippen LogP contribution in [-0.4, -0.2) is 51.6 Å². The minimum absolute atomic E-state index is 0.0463. The third-order valence-corrected chi connectivity index (χ3v) is 2.47. The second-order valence-electron chi connectivity index (χ2n) is 3.21. The molecule has 5 nitrogen and oxygen atoms in total. The molecule has 80 valence electrons. The van der Waals surface area contributed by atoms with E-state index in [2.05, 4.69) is 0 Å². The number of aliphatic hydroxyl groups excluding tert-OH is 1. The van der Waals surface area contributed by atoms with E-state index in [-0.39, 0.29) is 37.3 Å². The van der Waals surface area contributed by atoms with Gasteiger partial charge in [-0.1, -0.05) is 0 Å². The SMILES string of the molecule is O=C(O)C(CCO)N1CC(Cl)CC1=O. The number of hydrogen-bond donors (Lipinski definition) is 2. The quantitative estimate of drug-likeness (QED) is 0.637. The Kier molecular flexibility index (Phi) is 3.71. The van der Waals surface area contributed by atoms with Crippen molar-refractivity contribution in [1.29, 1.82) is 0 Å². The molecule has 0 aromatic rings. The number of hydrogen-bond acceptors (Lipinski definition) is 3. The first-order chi connectivity index (χ1) is 6.56. The second kappa shape index (κ2) is 4.61. The zero-order chi connectivity index (χ0) is 10.7. The Labute approximate surface area is 86.3 Å². The van der Waals surface area contributed by atoms with Gasteiger partial charge in [0.2, 0.25) is 5.91 Å². The highest BCUT2D eigenvalue weighted by Gasteiger charge is 2.36. The fourth-order valence-electron chi connectivity index (χ4n) is 1.52. The van der Waals surface area contributed by atoms with Crippen LogP contribution in [0.2, 0.25) is 0 Å². The minimum Gasteiger partial charge on any atom is -0.480 e. The van der Waals surface area contributed by atoms with Gasteiger partial charge in [-0.25, -0.2) is 4.79 Å². The molecule has 0 aliphatic carbocycles. The fraction of sp³-hybridized carbons (Fsp3) is 0.750. The average molecular weight is 222 g/mol. The number of nitrogens with zero attached hydrogens (tertiary/aromatic N) is 1. The van der Waals surface area contributed by atoms with Crippen molar-refractivity contribution in [3.63, 3.8) is 0 Å². The van der Waals surface area contributed by atoms with E-state index < -0.39 is 12.0 Å². The van der Waals surface area contributed by atoms with Gasteiger partial charge < -0.3 is 15.1 Å². The largest absolute Gasteiger partial charge is 0.480 e. The molecule has 1 saturated heterocycles. The average Bonchev–Trinajstić information content (AvgIpc) is 2.40. The van der Waals surface area contributed by atoms with Gasteiger partial charge in [-0.15, -0.1) is 11.6 Å². The summed E-state index contributed by atoms with van der Waals surface area (Å²) in [6.45, 7) is -0.00887. The number of amides is 1. The summed E-state index contributed by atoms with van der Waals surface area (Å²) in [6.07, 6.45) is 0.224. The second-order valence-corrected chi connectivity index (χ2v) is 3.83. The van der Waals surface area contributed by atoms with E-state index in [4.69, 9.17) is 21.8 Å². The predicted molar refractivity (Wildman–Crippen MR) is 49.1 cm³/mol. The van der Waals surface area contributed by atoms with Crippen LogP contribution < -0.4 is 0 Å². The number of rotatable bonds is 4. The summed E-state index contributed by atoms with van der Waals surface area (Å²) in [5, 5.41) is 17.2. The van der Waals surface area contributed by atoms with Gasteiger partial charge in [0.1, 0.15) is 6.04 Å². The molecular weight excluding hydrogens is 210 g/mol. The lowest BCUT2D eigenvalue weighted by atomic mass is 10.2. The van der Waals surface area contributed by atoms with Crippen LogP contribution in [0.1, 0.15) is 12.8 Å². The van der Waals surface area contributed by atoms with Crippen LogP contribution in [0.4, 0.5) is 0 Å². The maximum absolute atomic E-state index is 11.3. The smallest absolute Gasteiger partial charge is 0.326 e. The lowest BCUT2D eigenvalue weighted by Crippen LogP contribution is -2.42. The van der Waals surface area contributed by atoms with Crippen LogP contribution in [-0.2, 0) is 9.59 Å². The molecule has 1 fully saturated rings. The highest BCUT2D eigenvalue weighted by atomic mass is 35.5. The number of aliphatic hydroxyl groups is 1. The summed E-state index contributed by atoms with van der Waals surface area (Å²) in [5.74, 6) is -1.36. The lowest BCUT2D eigenvalue weighted by Gasteiger charge is -2.23. The van der Waals surface area contributed by atoms with E-state index in [0.29, 0.717) is 0 Å². The Hall–Kier alpha value is -0.810. The van der Waals surface area contributed by atoms with Crippen LogP contribution in [0.5, 0.6) is 0 Å². The number of likely N-dealkylation sites (tertiary alicyclic amines) is 1. The molecule has 0 aromatic heterocycles. The Morgan fingerprint density at radius 2 is 2.36 bits per heavy atom. The summed E-state index contributed by atoms with van der Waals surface area (Å²) >= 11 is 5.73. The fourth-order valence-corrected chi connectivity index (χ4v) is 1.80. The van der Waals surface area contributed by atoms with E-state index in [1.165, 1.54) is 4.90 Å². The number of aliphatic carboxylic acids is 1. The van der Waals surface area contributed by atoms with Crippen molar-refractivity contribution >= 4 is 23.5 Å². The first kappa shape index (κ1) is 11.3. The van der Waals surface area contributed by atoms with Crippen LogP contribution in [0, 0.1) is 0 Å². The minimum atomic E-state index is -1.10. The van der Waals surface area contributed by atoms with E-state index >= 15 is 0 Å². The standard InChI is InChI=1S/C8H12ClNO4/c9-5-3-7(12)10(4-5)6(1-2-11)8(13)14/h5-6,11H,1-4H2,(H,13,14). The molecule has 1 aliphatic heterocycles. The third kappa shape index (κ3) is 2.36. The predicted octanol–water partition coefficient (Wildman–Crippen LogP) is -0.338. The molecule has 6 heteroatoms. The van der Waals surface area contributed by atoms with Crippen LogP contribution in [0.15, 0.2) is 0 Å². The summed E-state index contributed by atoms with van der Waals surface area (Å²) in [7, 11) is 0. The number of alkyl halides is 1. The highest BCUT2D eigenvalue weighted by Crippen LogP contribution is 2.20. The van der Waals surface area contributed by atoms with Crippen molar-refractivity contribution in [3.8, 4) is 0 Å². The van der Waals surface area contributed by atoms with Crippen LogP contribution >= 0.6 is 11.6 Å². The zero-order valence-corrected chi connectivity index (χ0v) is 8.28. The monoisotopic (exact) mass is 221 g/mol. The molecule has 1 amide bonds. The molecule has 1 heterocycles. The van der Waals surface area contributed by atoms with Gasteiger partial charge in [-0.3, -0.25) is 4.79 Å². The molecule has 2 atom stereocenters. The van der Waals surface area contributed by atoms with Crippen molar-refractivity contribution in [3.05, 3.63) is 0 Å². The number of carbonyl (C=O) groups excluding carboxylic acids is 1. The molecule has 0 aromatic carbocycles.